The van der Waals surface area contributed by atoms with Gasteiger partial charge in [0.2, 0.25) is 0 Å². The fraction of sp³-hybridized carbons (Fsp3) is 0.400. The van der Waals surface area contributed by atoms with E-state index in [2.05, 4.69) is 11.2 Å². The van der Waals surface area contributed by atoms with Crippen molar-refractivity contribution in [3.05, 3.63) is 47.5 Å². The lowest BCUT2D eigenvalue weighted by Crippen LogP contribution is -2.34. The minimum Gasteiger partial charge on any atom is -0.318 e. The number of carbonyl (C=O) groups excluding carboxylic acids is 2. The molecule has 4 rings (SSSR count). The van der Waals surface area contributed by atoms with Gasteiger partial charge in [0.15, 0.2) is 5.78 Å². The minimum absolute atomic E-state index is 0.213. The van der Waals surface area contributed by atoms with Crippen molar-refractivity contribution in [2.75, 3.05) is 0 Å². The topological polar surface area (TPSA) is 72.8 Å². The first-order valence-electron chi connectivity index (χ1n) is 10.8. The van der Waals surface area contributed by atoms with E-state index >= 15 is 0 Å². The molecule has 1 fully saturated rings. The van der Waals surface area contributed by atoms with E-state index in [4.69, 9.17) is 4.84 Å². The SMILES string of the molecule is CC(=O)ON=C(CC1CCCCC1)C(=O)C1C=Cc2cc3ccc(C)cc3cc2S1=O. The van der Waals surface area contributed by atoms with Crippen molar-refractivity contribution in [2.45, 2.75) is 62.5 Å². The minimum atomic E-state index is -1.54. The fourth-order valence-electron chi connectivity index (χ4n) is 4.43. The summed E-state index contributed by atoms with van der Waals surface area (Å²) in [5.41, 5.74) is 2.20. The van der Waals surface area contributed by atoms with Gasteiger partial charge in [-0.05, 0) is 47.7 Å². The van der Waals surface area contributed by atoms with Crippen LogP contribution >= 0.6 is 0 Å². The molecule has 1 aliphatic heterocycles. The molecule has 0 bridgehead atoms. The molecule has 6 heteroatoms. The first-order chi connectivity index (χ1) is 14.9. The number of oxime groups is 1. The quantitative estimate of drug-likeness (QED) is 0.370. The maximum absolute atomic E-state index is 13.4. The van der Waals surface area contributed by atoms with Gasteiger partial charge < -0.3 is 4.84 Å². The third kappa shape index (κ3) is 4.85. The molecule has 0 radical (unpaired) electrons. The number of hydrogen-bond donors (Lipinski definition) is 0. The van der Waals surface area contributed by atoms with E-state index in [1.807, 2.05) is 37.3 Å². The molecular weight excluding hydrogens is 410 g/mol. The molecule has 2 unspecified atom stereocenters. The largest absolute Gasteiger partial charge is 0.331 e. The summed E-state index contributed by atoms with van der Waals surface area (Å²) in [6, 6.07) is 10.1. The molecule has 0 amide bonds. The molecule has 0 aromatic heterocycles. The van der Waals surface area contributed by atoms with Crippen molar-refractivity contribution in [2.24, 2.45) is 11.1 Å². The summed E-state index contributed by atoms with van der Waals surface area (Å²) in [4.78, 5) is 30.2. The van der Waals surface area contributed by atoms with Gasteiger partial charge in [0.05, 0.1) is 10.8 Å². The van der Waals surface area contributed by atoms with Gasteiger partial charge in [-0.25, -0.2) is 4.79 Å². The predicted octanol–water partition coefficient (Wildman–Crippen LogP) is 5.11. The second kappa shape index (κ2) is 9.27. The average molecular weight is 438 g/mol. The van der Waals surface area contributed by atoms with Crippen molar-refractivity contribution >= 4 is 45.1 Å². The Morgan fingerprint density at radius 1 is 1.10 bits per heavy atom. The smallest absolute Gasteiger partial charge is 0.318 e. The summed E-state index contributed by atoms with van der Waals surface area (Å²) in [6.07, 6.45) is 9.56. The van der Waals surface area contributed by atoms with E-state index in [0.717, 1.165) is 47.6 Å². The Bertz CT molecular complexity index is 1110. The van der Waals surface area contributed by atoms with Crippen molar-refractivity contribution < 1.29 is 18.6 Å². The highest BCUT2D eigenvalue weighted by Gasteiger charge is 2.33. The van der Waals surface area contributed by atoms with E-state index in [1.54, 1.807) is 6.08 Å². The van der Waals surface area contributed by atoms with Gasteiger partial charge in [-0.3, -0.25) is 9.00 Å². The van der Waals surface area contributed by atoms with Crippen LogP contribution in [0.3, 0.4) is 0 Å². The molecule has 1 heterocycles. The molecule has 2 aliphatic rings. The third-order valence-electron chi connectivity index (χ3n) is 6.06. The molecule has 1 saturated carbocycles. The molecule has 162 valence electrons. The number of benzene rings is 2. The molecular formula is C25H27NO4S. The molecule has 5 nitrogen and oxygen atoms in total. The normalized spacial score (nSPS) is 21.7. The number of hydrogen-bond acceptors (Lipinski definition) is 5. The Kier molecular flexibility index (Phi) is 6.46. The van der Waals surface area contributed by atoms with Gasteiger partial charge >= 0.3 is 5.97 Å². The monoisotopic (exact) mass is 437 g/mol. The number of fused-ring (bicyclic) bond motifs is 2. The fourth-order valence-corrected chi connectivity index (χ4v) is 5.86. The summed E-state index contributed by atoms with van der Waals surface area (Å²) in [5, 5.41) is 5.15. The Labute approximate surface area is 185 Å². The number of nitrogens with zero attached hydrogens (tertiary/aromatic N) is 1. The standard InChI is InChI=1S/C25H27NO4S/c1-16-8-9-19-14-20-10-11-23(31(29)24(20)15-21(19)12-16)25(28)22(26-30-17(2)27)13-18-6-4-3-5-7-18/h8-12,14-15,18,23H,3-7,13H2,1-2H3. The summed E-state index contributed by atoms with van der Waals surface area (Å²) in [5.74, 6) is -0.551. The van der Waals surface area contributed by atoms with E-state index in [9.17, 15) is 13.8 Å². The van der Waals surface area contributed by atoms with Crippen LogP contribution in [0.1, 0.15) is 56.6 Å². The van der Waals surface area contributed by atoms with Crippen molar-refractivity contribution in [3.8, 4) is 0 Å². The summed E-state index contributed by atoms with van der Waals surface area (Å²) in [7, 11) is -1.54. The average Bonchev–Trinajstić information content (AvgIpc) is 2.76. The Morgan fingerprint density at radius 2 is 1.87 bits per heavy atom. The molecule has 0 N–H and O–H groups in total. The lowest BCUT2D eigenvalue weighted by Gasteiger charge is -2.23. The predicted molar refractivity (Wildman–Crippen MR) is 123 cm³/mol. The zero-order valence-electron chi connectivity index (χ0n) is 17.9. The van der Waals surface area contributed by atoms with Crippen LogP contribution in [-0.2, 0) is 25.2 Å². The zero-order chi connectivity index (χ0) is 22.0. The number of Topliss-reactive ketones (excluding diaryl/α,β-unsaturated/α-hetero) is 1. The number of rotatable bonds is 5. The molecule has 2 atom stereocenters. The van der Waals surface area contributed by atoms with Crippen LogP contribution in [0.25, 0.3) is 16.8 Å². The van der Waals surface area contributed by atoms with E-state index in [1.165, 1.54) is 13.3 Å². The summed E-state index contributed by atoms with van der Waals surface area (Å²) in [6.45, 7) is 3.28. The molecule has 0 saturated heterocycles. The van der Waals surface area contributed by atoms with Crippen LogP contribution in [0.5, 0.6) is 0 Å². The second-order valence-corrected chi connectivity index (χ2v) is 10.1. The van der Waals surface area contributed by atoms with Crippen LogP contribution in [-0.4, -0.2) is 26.9 Å². The van der Waals surface area contributed by atoms with Crippen LogP contribution in [0.4, 0.5) is 0 Å². The first-order valence-corrected chi connectivity index (χ1v) is 12.1. The highest BCUT2D eigenvalue weighted by molar-refractivity contribution is 7.87. The lowest BCUT2D eigenvalue weighted by molar-refractivity contribution is -0.141. The van der Waals surface area contributed by atoms with Crippen molar-refractivity contribution in [3.63, 3.8) is 0 Å². The second-order valence-electron chi connectivity index (χ2n) is 8.51. The van der Waals surface area contributed by atoms with Crippen LogP contribution in [0.15, 0.2) is 46.5 Å². The molecule has 1 aliphatic carbocycles. The van der Waals surface area contributed by atoms with Crippen LogP contribution in [0.2, 0.25) is 0 Å². The molecule has 31 heavy (non-hydrogen) atoms. The highest BCUT2D eigenvalue weighted by Crippen LogP contribution is 2.32. The van der Waals surface area contributed by atoms with E-state index in [-0.39, 0.29) is 11.5 Å². The molecule has 2 aromatic rings. The molecule has 2 aromatic carbocycles. The van der Waals surface area contributed by atoms with Crippen molar-refractivity contribution in [1.82, 2.24) is 0 Å². The number of ketones is 1. The molecule has 0 spiro atoms. The van der Waals surface area contributed by atoms with Gasteiger partial charge in [0, 0.05) is 11.8 Å². The van der Waals surface area contributed by atoms with Crippen molar-refractivity contribution in [1.29, 1.82) is 0 Å². The Balaban J connectivity index is 1.63. The number of carbonyl (C=O) groups is 2. The van der Waals surface area contributed by atoms with Gasteiger partial charge in [0.25, 0.3) is 0 Å². The van der Waals surface area contributed by atoms with E-state index in [0.29, 0.717) is 17.2 Å². The zero-order valence-corrected chi connectivity index (χ0v) is 18.7. The third-order valence-corrected chi connectivity index (χ3v) is 7.68. The van der Waals surface area contributed by atoms with Crippen LogP contribution < -0.4 is 0 Å². The van der Waals surface area contributed by atoms with Crippen LogP contribution in [0, 0.1) is 12.8 Å². The summed E-state index contributed by atoms with van der Waals surface area (Å²) < 4.78 is 13.4. The van der Waals surface area contributed by atoms with E-state index < -0.39 is 22.0 Å². The maximum atomic E-state index is 13.4. The van der Waals surface area contributed by atoms with Gasteiger partial charge in [-0.15, -0.1) is 0 Å². The van der Waals surface area contributed by atoms with Gasteiger partial charge in [0.1, 0.15) is 11.0 Å². The Hall–Kier alpha value is -2.60. The maximum Gasteiger partial charge on any atom is 0.331 e. The van der Waals surface area contributed by atoms with Gasteiger partial charge in [-0.2, -0.15) is 0 Å². The summed E-state index contributed by atoms with van der Waals surface area (Å²) >= 11 is 0. The lowest BCUT2D eigenvalue weighted by atomic mass is 9.84. The Morgan fingerprint density at radius 3 is 2.61 bits per heavy atom. The van der Waals surface area contributed by atoms with Gasteiger partial charge in [-0.1, -0.05) is 73.2 Å². The first kappa shape index (κ1) is 21.6. The highest BCUT2D eigenvalue weighted by atomic mass is 32.2. The number of aryl methyl sites for hydroxylation is 1.